The van der Waals surface area contributed by atoms with Crippen LogP contribution in [0.25, 0.3) is 0 Å². The van der Waals surface area contributed by atoms with Crippen molar-refractivity contribution in [2.45, 2.75) is 6.92 Å². The average molecular weight is 740 g/mol. The van der Waals surface area contributed by atoms with Gasteiger partial charge in [-0.3, -0.25) is 20.2 Å². The first-order valence-corrected chi connectivity index (χ1v) is 17.2. The second kappa shape index (κ2) is 35.7. The number of rotatable bonds is 40. The lowest BCUT2D eigenvalue weighted by molar-refractivity contribution is -0.393. The van der Waals surface area contributed by atoms with Crippen LogP contribution in [0.5, 0.6) is 0 Å². The number of nitro groups is 2. The lowest BCUT2D eigenvalue weighted by atomic mass is 10.2. The Balaban J connectivity index is 1.71. The third-order valence-corrected chi connectivity index (χ3v) is 6.25. The molecule has 1 aromatic rings. The SMILES string of the molecule is CCOCCOCCOCCOCCOCCOCCOCCOCCOCCOCCOCCOCCNc1ccc([N+](=O)[O-])cc1[N+](=O)[O-]. The molecular weight excluding hydrogens is 682 g/mol. The zero-order valence-electron chi connectivity index (χ0n) is 29.8. The molecule has 19 nitrogen and oxygen atoms in total. The summed E-state index contributed by atoms with van der Waals surface area (Å²) < 4.78 is 65.0. The van der Waals surface area contributed by atoms with Crippen LogP contribution in [0.4, 0.5) is 17.1 Å². The van der Waals surface area contributed by atoms with E-state index >= 15 is 0 Å². The maximum absolute atomic E-state index is 11.1. The number of hydrogen-bond acceptors (Lipinski definition) is 17. The molecule has 0 aliphatic heterocycles. The molecule has 0 aromatic heterocycles. The Morgan fingerprint density at radius 2 is 0.745 bits per heavy atom. The van der Waals surface area contributed by atoms with E-state index in [2.05, 4.69) is 5.32 Å². The monoisotopic (exact) mass is 739 g/mol. The van der Waals surface area contributed by atoms with Crippen molar-refractivity contribution < 1.29 is 66.7 Å². The largest absolute Gasteiger partial charge is 0.379 e. The van der Waals surface area contributed by atoms with Gasteiger partial charge in [-0.05, 0) is 13.0 Å². The summed E-state index contributed by atoms with van der Waals surface area (Å²) in [6, 6.07) is 3.43. The summed E-state index contributed by atoms with van der Waals surface area (Å²) in [5, 5.41) is 24.8. The minimum atomic E-state index is -0.681. The van der Waals surface area contributed by atoms with Crippen LogP contribution in [-0.2, 0) is 56.8 Å². The van der Waals surface area contributed by atoms with Crippen LogP contribution >= 0.6 is 0 Å². The normalized spacial score (nSPS) is 11.3. The smallest absolute Gasteiger partial charge is 0.299 e. The third-order valence-electron chi connectivity index (χ3n) is 6.25. The number of nitrogens with one attached hydrogen (secondary N) is 1. The van der Waals surface area contributed by atoms with Crippen molar-refractivity contribution in [3.05, 3.63) is 38.4 Å². The van der Waals surface area contributed by atoms with Crippen molar-refractivity contribution in [1.82, 2.24) is 0 Å². The first kappa shape index (κ1) is 46.4. The van der Waals surface area contributed by atoms with Crippen molar-refractivity contribution in [3.8, 4) is 0 Å². The topological polar surface area (TPSA) is 209 Å². The molecule has 0 spiro atoms. The van der Waals surface area contributed by atoms with E-state index in [1.54, 1.807) is 0 Å². The fraction of sp³-hybridized carbons (Fsp3) is 0.812. The van der Waals surface area contributed by atoms with Gasteiger partial charge in [0.1, 0.15) is 5.69 Å². The molecule has 0 saturated heterocycles. The van der Waals surface area contributed by atoms with Gasteiger partial charge in [0.25, 0.3) is 11.4 Å². The van der Waals surface area contributed by atoms with Crippen LogP contribution in [0.2, 0.25) is 0 Å². The Labute approximate surface area is 299 Å². The van der Waals surface area contributed by atoms with Crippen LogP contribution < -0.4 is 5.32 Å². The molecule has 0 atom stereocenters. The van der Waals surface area contributed by atoms with Gasteiger partial charge in [-0.15, -0.1) is 0 Å². The Bertz CT molecular complexity index is 965. The Morgan fingerprint density at radius 3 is 1.02 bits per heavy atom. The standard InChI is InChI=1S/C32H57N3O16/c1-2-40-7-8-42-11-12-44-15-16-46-19-20-48-23-24-50-27-28-51-26-25-49-22-21-47-18-17-45-14-13-43-10-9-41-6-5-33-31-4-3-30(34(36)37)29-32(31)35(38)39/h3-4,29,33H,2,5-28H2,1H3. The van der Waals surface area contributed by atoms with E-state index in [1.165, 1.54) is 12.1 Å². The van der Waals surface area contributed by atoms with E-state index in [0.29, 0.717) is 152 Å². The van der Waals surface area contributed by atoms with Gasteiger partial charge in [0.2, 0.25) is 0 Å². The summed E-state index contributed by atoms with van der Waals surface area (Å²) >= 11 is 0. The van der Waals surface area contributed by atoms with Crippen LogP contribution in [0.3, 0.4) is 0 Å². The Morgan fingerprint density at radius 1 is 0.451 bits per heavy atom. The minimum Gasteiger partial charge on any atom is -0.379 e. The van der Waals surface area contributed by atoms with Gasteiger partial charge in [0.05, 0.1) is 168 Å². The molecule has 0 bridgehead atoms. The first-order valence-electron chi connectivity index (χ1n) is 17.2. The second-order valence-electron chi connectivity index (χ2n) is 10.1. The molecule has 1 rings (SSSR count). The van der Waals surface area contributed by atoms with Gasteiger partial charge in [-0.25, -0.2) is 0 Å². The van der Waals surface area contributed by atoms with Crippen molar-refractivity contribution in [2.24, 2.45) is 0 Å². The predicted molar refractivity (Wildman–Crippen MR) is 184 cm³/mol. The Kier molecular flexibility index (Phi) is 32.5. The van der Waals surface area contributed by atoms with E-state index in [-0.39, 0.29) is 30.2 Å². The highest BCUT2D eigenvalue weighted by molar-refractivity contribution is 5.65. The number of nitro benzene ring substituents is 2. The molecule has 0 fully saturated rings. The van der Waals surface area contributed by atoms with Gasteiger partial charge >= 0.3 is 0 Å². The molecule has 0 unspecified atom stereocenters. The number of non-ortho nitro benzene ring substituents is 1. The average Bonchev–Trinajstić information content (AvgIpc) is 3.12. The van der Waals surface area contributed by atoms with E-state index < -0.39 is 9.85 Å². The predicted octanol–water partition coefficient (Wildman–Crippen LogP) is 2.13. The van der Waals surface area contributed by atoms with Crippen LogP contribution in [0, 0.1) is 20.2 Å². The van der Waals surface area contributed by atoms with Gasteiger partial charge in [0.15, 0.2) is 0 Å². The number of ether oxygens (including phenoxy) is 12. The van der Waals surface area contributed by atoms with Gasteiger partial charge < -0.3 is 62.2 Å². The molecule has 0 amide bonds. The molecule has 19 heteroatoms. The third kappa shape index (κ3) is 29.6. The second-order valence-corrected chi connectivity index (χ2v) is 10.1. The van der Waals surface area contributed by atoms with Crippen molar-refractivity contribution in [2.75, 3.05) is 170 Å². The maximum Gasteiger partial charge on any atom is 0.299 e. The molecular formula is C32H57N3O16. The fourth-order valence-corrected chi connectivity index (χ4v) is 3.76. The molecule has 0 saturated carbocycles. The lowest BCUT2D eigenvalue weighted by Gasteiger charge is -2.09. The number of nitrogens with zero attached hydrogens (tertiary/aromatic N) is 2. The molecule has 51 heavy (non-hydrogen) atoms. The summed E-state index contributed by atoms with van der Waals surface area (Å²) in [4.78, 5) is 20.6. The molecule has 0 aliphatic carbocycles. The molecule has 0 aliphatic rings. The van der Waals surface area contributed by atoms with Gasteiger partial charge in [0, 0.05) is 19.2 Å². The molecule has 0 heterocycles. The first-order chi connectivity index (χ1) is 25.1. The Hall–Kier alpha value is -2.66. The maximum atomic E-state index is 11.1. The lowest BCUT2D eigenvalue weighted by Crippen LogP contribution is -2.16. The van der Waals surface area contributed by atoms with Crippen LogP contribution in [0.1, 0.15) is 6.92 Å². The number of benzene rings is 1. The summed E-state index contributed by atoms with van der Waals surface area (Å²) in [5.74, 6) is 0. The summed E-state index contributed by atoms with van der Waals surface area (Å²) in [6.45, 7) is 13.7. The molecule has 1 aromatic carbocycles. The van der Waals surface area contributed by atoms with Crippen LogP contribution in [0.15, 0.2) is 18.2 Å². The van der Waals surface area contributed by atoms with E-state index in [1.807, 2.05) is 6.92 Å². The van der Waals surface area contributed by atoms with Crippen molar-refractivity contribution in [1.29, 1.82) is 0 Å². The highest BCUT2D eigenvalue weighted by atomic mass is 16.6. The highest BCUT2D eigenvalue weighted by Crippen LogP contribution is 2.28. The summed E-state index contributed by atoms with van der Waals surface area (Å²) in [6.07, 6.45) is 0. The van der Waals surface area contributed by atoms with Gasteiger partial charge in [-0.1, -0.05) is 0 Å². The van der Waals surface area contributed by atoms with Crippen LogP contribution in [-0.4, -0.2) is 175 Å². The van der Waals surface area contributed by atoms with E-state index in [9.17, 15) is 20.2 Å². The highest BCUT2D eigenvalue weighted by Gasteiger charge is 2.19. The summed E-state index contributed by atoms with van der Waals surface area (Å²) in [5.41, 5.74) is -0.527. The van der Waals surface area contributed by atoms with Crippen molar-refractivity contribution >= 4 is 17.1 Å². The molecule has 1 N–H and O–H groups in total. The molecule has 296 valence electrons. The number of anilines is 1. The fourth-order valence-electron chi connectivity index (χ4n) is 3.76. The molecule has 0 radical (unpaired) electrons. The summed E-state index contributed by atoms with van der Waals surface area (Å²) in [7, 11) is 0. The van der Waals surface area contributed by atoms with Crippen molar-refractivity contribution in [3.63, 3.8) is 0 Å². The zero-order valence-corrected chi connectivity index (χ0v) is 29.8. The van der Waals surface area contributed by atoms with E-state index in [4.69, 9.17) is 56.8 Å². The minimum absolute atomic E-state index is 0.185. The quantitative estimate of drug-likeness (QED) is 0.0581. The zero-order chi connectivity index (χ0) is 36.9. The van der Waals surface area contributed by atoms with Gasteiger partial charge in [-0.2, -0.15) is 0 Å². The number of hydrogen-bond donors (Lipinski definition) is 1. The van der Waals surface area contributed by atoms with E-state index in [0.717, 1.165) is 6.07 Å².